The minimum atomic E-state index is -3.47. The molecule has 0 saturated heterocycles. The lowest BCUT2D eigenvalue weighted by Gasteiger charge is -2.20. The highest BCUT2D eigenvalue weighted by Gasteiger charge is 2.19. The van der Waals surface area contributed by atoms with Crippen LogP contribution in [-0.4, -0.2) is 14.0 Å². The standard InChI is InChI=1S/C11H17BrN2O2S/c1-11(2,3)14-17(15,16)13-8-9-5-4-6-10(12)7-9/h4-7,13-14H,8H2,1-3H3. The molecule has 96 valence electrons. The predicted octanol–water partition coefficient (Wildman–Crippen LogP) is 2.17. The molecule has 6 heteroatoms. The van der Waals surface area contributed by atoms with Crippen molar-refractivity contribution in [1.82, 2.24) is 9.44 Å². The summed E-state index contributed by atoms with van der Waals surface area (Å²) in [6.45, 7) is 5.66. The normalized spacial score (nSPS) is 12.7. The lowest BCUT2D eigenvalue weighted by atomic mass is 10.1. The van der Waals surface area contributed by atoms with Crippen molar-refractivity contribution in [3.63, 3.8) is 0 Å². The Bertz CT molecular complexity index is 480. The molecule has 0 saturated carbocycles. The lowest BCUT2D eigenvalue weighted by molar-refractivity contribution is 0.483. The maximum Gasteiger partial charge on any atom is 0.277 e. The molecule has 1 rings (SSSR count). The molecule has 0 aromatic heterocycles. The Morgan fingerprint density at radius 2 is 1.94 bits per heavy atom. The van der Waals surface area contributed by atoms with E-state index in [2.05, 4.69) is 25.4 Å². The fourth-order valence-electron chi connectivity index (χ4n) is 1.26. The largest absolute Gasteiger partial charge is 0.277 e. The van der Waals surface area contributed by atoms with Crippen molar-refractivity contribution in [2.24, 2.45) is 0 Å². The Labute approximate surface area is 111 Å². The van der Waals surface area contributed by atoms with Gasteiger partial charge in [0.05, 0.1) is 0 Å². The van der Waals surface area contributed by atoms with Gasteiger partial charge >= 0.3 is 0 Å². The van der Waals surface area contributed by atoms with Crippen LogP contribution in [0, 0.1) is 0 Å². The second-order valence-electron chi connectivity index (χ2n) is 4.81. The van der Waals surface area contributed by atoms with Gasteiger partial charge in [0.25, 0.3) is 10.2 Å². The molecule has 0 amide bonds. The molecule has 0 fully saturated rings. The topological polar surface area (TPSA) is 58.2 Å². The monoisotopic (exact) mass is 320 g/mol. The first-order valence-corrected chi connectivity index (χ1v) is 7.49. The molecule has 0 heterocycles. The first-order valence-electron chi connectivity index (χ1n) is 5.21. The second-order valence-corrected chi connectivity index (χ2v) is 7.22. The summed E-state index contributed by atoms with van der Waals surface area (Å²) < 4.78 is 29.3. The molecule has 0 unspecified atom stereocenters. The summed E-state index contributed by atoms with van der Waals surface area (Å²) in [5, 5.41) is 0. The molecule has 0 atom stereocenters. The van der Waals surface area contributed by atoms with Crippen LogP contribution in [0.2, 0.25) is 0 Å². The van der Waals surface area contributed by atoms with Crippen molar-refractivity contribution >= 4 is 26.1 Å². The van der Waals surface area contributed by atoms with Crippen LogP contribution in [0.25, 0.3) is 0 Å². The molecule has 2 N–H and O–H groups in total. The van der Waals surface area contributed by atoms with Crippen LogP contribution in [0.3, 0.4) is 0 Å². The summed E-state index contributed by atoms with van der Waals surface area (Å²) >= 11 is 3.34. The van der Waals surface area contributed by atoms with E-state index in [0.717, 1.165) is 10.0 Å². The molecule has 0 aliphatic heterocycles. The van der Waals surface area contributed by atoms with Gasteiger partial charge in [0.1, 0.15) is 0 Å². The molecule has 1 aromatic carbocycles. The van der Waals surface area contributed by atoms with Crippen molar-refractivity contribution in [3.8, 4) is 0 Å². The van der Waals surface area contributed by atoms with Crippen LogP contribution in [0.5, 0.6) is 0 Å². The van der Waals surface area contributed by atoms with Gasteiger partial charge in [-0.1, -0.05) is 28.1 Å². The molecular formula is C11H17BrN2O2S. The molecule has 0 bridgehead atoms. The third-order valence-electron chi connectivity index (χ3n) is 1.80. The first kappa shape index (κ1) is 14.6. The van der Waals surface area contributed by atoms with Gasteiger partial charge in [-0.15, -0.1) is 0 Å². The van der Waals surface area contributed by atoms with Crippen molar-refractivity contribution in [2.45, 2.75) is 32.9 Å². The molecule has 0 aliphatic rings. The Hall–Kier alpha value is -0.430. The first-order chi connectivity index (χ1) is 7.68. The fraction of sp³-hybridized carbons (Fsp3) is 0.455. The van der Waals surface area contributed by atoms with E-state index in [9.17, 15) is 8.42 Å². The zero-order valence-electron chi connectivity index (χ0n) is 10.1. The summed E-state index contributed by atoms with van der Waals surface area (Å²) in [7, 11) is -3.47. The number of hydrogen-bond donors (Lipinski definition) is 2. The zero-order valence-corrected chi connectivity index (χ0v) is 12.5. The van der Waals surface area contributed by atoms with E-state index >= 15 is 0 Å². The maximum absolute atomic E-state index is 11.7. The second kappa shape index (κ2) is 5.48. The van der Waals surface area contributed by atoms with Gasteiger partial charge in [0, 0.05) is 16.6 Å². The minimum Gasteiger partial charge on any atom is -0.198 e. The van der Waals surface area contributed by atoms with E-state index in [4.69, 9.17) is 0 Å². The summed E-state index contributed by atoms with van der Waals surface area (Å²) in [6.07, 6.45) is 0. The van der Waals surface area contributed by atoms with Crippen molar-refractivity contribution in [2.75, 3.05) is 0 Å². The molecule has 0 aliphatic carbocycles. The van der Waals surface area contributed by atoms with Crippen molar-refractivity contribution in [1.29, 1.82) is 0 Å². The summed E-state index contributed by atoms with van der Waals surface area (Å²) in [4.78, 5) is 0. The summed E-state index contributed by atoms with van der Waals surface area (Å²) in [5.74, 6) is 0. The highest BCUT2D eigenvalue weighted by Crippen LogP contribution is 2.11. The molecule has 4 nitrogen and oxygen atoms in total. The van der Waals surface area contributed by atoms with Gasteiger partial charge < -0.3 is 0 Å². The molecular weight excluding hydrogens is 304 g/mol. The van der Waals surface area contributed by atoms with E-state index in [1.807, 2.05) is 24.3 Å². The predicted molar refractivity (Wildman–Crippen MR) is 72.8 cm³/mol. The van der Waals surface area contributed by atoms with Crippen LogP contribution in [-0.2, 0) is 16.8 Å². The Kier molecular flexibility index (Phi) is 4.71. The van der Waals surface area contributed by atoms with E-state index in [-0.39, 0.29) is 6.54 Å². The van der Waals surface area contributed by atoms with Gasteiger partial charge in [-0.25, -0.2) is 0 Å². The van der Waals surface area contributed by atoms with Crippen LogP contribution in [0.15, 0.2) is 28.7 Å². The average molecular weight is 321 g/mol. The fourth-order valence-corrected chi connectivity index (χ4v) is 2.95. The number of benzene rings is 1. The smallest absolute Gasteiger partial charge is 0.198 e. The van der Waals surface area contributed by atoms with E-state index in [1.165, 1.54) is 0 Å². The molecule has 1 aromatic rings. The number of hydrogen-bond acceptors (Lipinski definition) is 2. The van der Waals surface area contributed by atoms with Gasteiger partial charge in [-0.05, 0) is 38.5 Å². The molecule has 17 heavy (non-hydrogen) atoms. The van der Waals surface area contributed by atoms with Crippen molar-refractivity contribution < 1.29 is 8.42 Å². The number of rotatable bonds is 4. The highest BCUT2D eigenvalue weighted by molar-refractivity contribution is 9.10. The van der Waals surface area contributed by atoms with Gasteiger partial charge in [-0.3, -0.25) is 0 Å². The SMILES string of the molecule is CC(C)(C)NS(=O)(=O)NCc1cccc(Br)c1. The summed E-state index contributed by atoms with van der Waals surface area (Å²) in [5.41, 5.74) is 0.419. The lowest BCUT2D eigenvalue weighted by Crippen LogP contribution is -2.46. The van der Waals surface area contributed by atoms with Crippen LogP contribution in [0.1, 0.15) is 26.3 Å². The Balaban J connectivity index is 2.62. The highest BCUT2D eigenvalue weighted by atomic mass is 79.9. The maximum atomic E-state index is 11.7. The Morgan fingerprint density at radius 3 is 2.47 bits per heavy atom. The number of nitrogens with one attached hydrogen (secondary N) is 2. The van der Waals surface area contributed by atoms with Gasteiger partial charge in [0.15, 0.2) is 0 Å². The Morgan fingerprint density at radius 1 is 1.29 bits per heavy atom. The third kappa shape index (κ3) is 6.16. The molecule has 0 radical (unpaired) electrons. The zero-order chi connectivity index (χ0) is 13.1. The van der Waals surface area contributed by atoms with E-state index in [1.54, 1.807) is 20.8 Å². The summed E-state index contributed by atoms with van der Waals surface area (Å²) in [6, 6.07) is 7.50. The van der Waals surface area contributed by atoms with E-state index in [0.29, 0.717) is 0 Å². The van der Waals surface area contributed by atoms with E-state index < -0.39 is 15.7 Å². The van der Waals surface area contributed by atoms with Crippen LogP contribution < -0.4 is 9.44 Å². The van der Waals surface area contributed by atoms with Crippen LogP contribution in [0.4, 0.5) is 0 Å². The van der Waals surface area contributed by atoms with Crippen molar-refractivity contribution in [3.05, 3.63) is 34.3 Å². The van der Waals surface area contributed by atoms with Gasteiger partial charge in [0.2, 0.25) is 0 Å². The molecule has 0 spiro atoms. The number of halogens is 1. The average Bonchev–Trinajstić information content (AvgIpc) is 2.11. The minimum absolute atomic E-state index is 0.269. The quantitative estimate of drug-likeness (QED) is 0.893. The third-order valence-corrected chi connectivity index (χ3v) is 3.69. The van der Waals surface area contributed by atoms with Crippen LogP contribution >= 0.6 is 15.9 Å². The van der Waals surface area contributed by atoms with Gasteiger partial charge in [-0.2, -0.15) is 17.9 Å².